The summed E-state index contributed by atoms with van der Waals surface area (Å²) in [5.41, 5.74) is 2.20. The first-order valence-corrected chi connectivity index (χ1v) is 7.41. The summed E-state index contributed by atoms with van der Waals surface area (Å²) in [5.74, 6) is -0.636. The van der Waals surface area contributed by atoms with E-state index in [-0.39, 0.29) is 30.5 Å². The molecule has 3 rings (SSSR count). The van der Waals surface area contributed by atoms with Crippen molar-refractivity contribution in [2.24, 2.45) is 0 Å². The molecule has 0 radical (unpaired) electrons. The standard InChI is InChI=1S/C16H17N3O4/c1-2-23-16(22)14-12-9-19(7-6-13(12)17-18-14)15(21)10-4-3-5-11(20)8-10/h3-5,8,20H,2,6-7,9H2,1H3,(H,17,18). The van der Waals surface area contributed by atoms with Gasteiger partial charge in [-0.3, -0.25) is 9.89 Å². The Morgan fingerprint density at radius 2 is 2.26 bits per heavy atom. The van der Waals surface area contributed by atoms with Crippen LogP contribution in [0.2, 0.25) is 0 Å². The molecule has 2 heterocycles. The van der Waals surface area contributed by atoms with E-state index in [1.807, 2.05) is 0 Å². The molecule has 120 valence electrons. The third kappa shape index (κ3) is 2.90. The van der Waals surface area contributed by atoms with E-state index >= 15 is 0 Å². The number of hydrogen-bond donors (Lipinski definition) is 2. The minimum atomic E-state index is -0.489. The Bertz CT molecular complexity index is 754. The molecular formula is C16H17N3O4. The molecule has 0 saturated heterocycles. The summed E-state index contributed by atoms with van der Waals surface area (Å²) in [6, 6.07) is 6.22. The lowest BCUT2D eigenvalue weighted by atomic mass is 10.0. The van der Waals surface area contributed by atoms with Crippen LogP contribution in [0.4, 0.5) is 0 Å². The van der Waals surface area contributed by atoms with Crippen molar-refractivity contribution >= 4 is 11.9 Å². The summed E-state index contributed by atoms with van der Waals surface area (Å²) in [7, 11) is 0. The minimum Gasteiger partial charge on any atom is -0.508 e. The number of nitrogens with one attached hydrogen (secondary N) is 1. The fourth-order valence-electron chi connectivity index (χ4n) is 2.66. The zero-order chi connectivity index (χ0) is 16.4. The lowest BCUT2D eigenvalue weighted by Crippen LogP contribution is -2.36. The zero-order valence-corrected chi connectivity index (χ0v) is 12.7. The third-order valence-corrected chi connectivity index (χ3v) is 3.78. The average molecular weight is 315 g/mol. The maximum Gasteiger partial charge on any atom is 0.359 e. The Morgan fingerprint density at radius 3 is 3.00 bits per heavy atom. The predicted molar refractivity (Wildman–Crippen MR) is 81.1 cm³/mol. The number of benzene rings is 1. The molecule has 1 aliphatic heterocycles. The molecule has 0 aliphatic carbocycles. The van der Waals surface area contributed by atoms with E-state index in [9.17, 15) is 14.7 Å². The summed E-state index contributed by atoms with van der Waals surface area (Å²) < 4.78 is 4.99. The van der Waals surface area contributed by atoms with E-state index in [0.29, 0.717) is 24.1 Å². The van der Waals surface area contributed by atoms with Crippen LogP contribution in [0.5, 0.6) is 5.75 Å². The largest absolute Gasteiger partial charge is 0.508 e. The molecule has 0 spiro atoms. The number of ether oxygens (including phenoxy) is 1. The molecule has 7 heteroatoms. The lowest BCUT2D eigenvalue weighted by Gasteiger charge is -2.27. The maximum absolute atomic E-state index is 12.6. The quantitative estimate of drug-likeness (QED) is 0.837. The van der Waals surface area contributed by atoms with Crippen LogP contribution in [0.3, 0.4) is 0 Å². The molecule has 1 aromatic carbocycles. The number of phenols is 1. The fourth-order valence-corrected chi connectivity index (χ4v) is 2.66. The van der Waals surface area contributed by atoms with Gasteiger partial charge in [0, 0.05) is 29.8 Å². The SMILES string of the molecule is CCOC(=O)c1n[nH]c2c1CN(C(=O)c1cccc(O)c1)CC2. The number of aromatic amines is 1. The second-order valence-electron chi connectivity index (χ2n) is 5.28. The van der Waals surface area contributed by atoms with Crippen molar-refractivity contribution in [3.8, 4) is 5.75 Å². The van der Waals surface area contributed by atoms with Crippen molar-refractivity contribution in [2.45, 2.75) is 19.9 Å². The molecule has 1 aromatic heterocycles. The number of fused-ring (bicyclic) bond motifs is 1. The first-order chi connectivity index (χ1) is 11.1. The van der Waals surface area contributed by atoms with Crippen LogP contribution >= 0.6 is 0 Å². The highest BCUT2D eigenvalue weighted by molar-refractivity contribution is 5.95. The molecule has 7 nitrogen and oxygen atoms in total. The van der Waals surface area contributed by atoms with Gasteiger partial charge in [-0.1, -0.05) is 6.07 Å². The van der Waals surface area contributed by atoms with Crippen molar-refractivity contribution < 1.29 is 19.4 Å². The number of carbonyl (C=O) groups is 2. The second kappa shape index (κ2) is 6.12. The van der Waals surface area contributed by atoms with Gasteiger partial charge < -0.3 is 14.7 Å². The molecule has 2 aromatic rings. The van der Waals surface area contributed by atoms with Crippen LogP contribution in [0.1, 0.15) is 39.0 Å². The van der Waals surface area contributed by atoms with E-state index in [1.54, 1.807) is 24.0 Å². The van der Waals surface area contributed by atoms with E-state index in [2.05, 4.69) is 10.2 Å². The van der Waals surface area contributed by atoms with Crippen molar-refractivity contribution in [3.05, 3.63) is 46.8 Å². The highest BCUT2D eigenvalue weighted by Crippen LogP contribution is 2.23. The van der Waals surface area contributed by atoms with Gasteiger partial charge in [-0.2, -0.15) is 5.10 Å². The first-order valence-electron chi connectivity index (χ1n) is 7.41. The summed E-state index contributed by atoms with van der Waals surface area (Å²) in [5, 5.41) is 16.4. The topological polar surface area (TPSA) is 95.5 Å². The molecule has 0 atom stereocenters. The highest BCUT2D eigenvalue weighted by atomic mass is 16.5. The van der Waals surface area contributed by atoms with Crippen LogP contribution in [-0.4, -0.2) is 45.2 Å². The molecule has 1 amide bonds. The number of hydrogen-bond acceptors (Lipinski definition) is 5. The number of esters is 1. The highest BCUT2D eigenvalue weighted by Gasteiger charge is 2.28. The van der Waals surface area contributed by atoms with Crippen LogP contribution in [0.15, 0.2) is 24.3 Å². The Balaban J connectivity index is 1.83. The van der Waals surface area contributed by atoms with E-state index in [0.717, 1.165) is 5.69 Å². The summed E-state index contributed by atoms with van der Waals surface area (Å²) in [6.45, 7) is 2.81. The number of rotatable bonds is 3. The van der Waals surface area contributed by atoms with Crippen LogP contribution < -0.4 is 0 Å². The Hall–Kier alpha value is -2.83. The number of H-pyrrole nitrogens is 1. The Labute approximate surface area is 132 Å². The van der Waals surface area contributed by atoms with E-state index < -0.39 is 5.97 Å². The average Bonchev–Trinajstić information content (AvgIpc) is 2.97. The Kier molecular flexibility index (Phi) is 4.01. The number of carbonyl (C=O) groups excluding carboxylic acids is 2. The molecular weight excluding hydrogens is 298 g/mol. The summed E-state index contributed by atoms with van der Waals surface area (Å²) >= 11 is 0. The molecule has 2 N–H and O–H groups in total. The molecule has 0 saturated carbocycles. The van der Waals surface area contributed by atoms with Crippen molar-refractivity contribution in [1.29, 1.82) is 0 Å². The zero-order valence-electron chi connectivity index (χ0n) is 12.7. The first kappa shape index (κ1) is 15.1. The smallest absolute Gasteiger partial charge is 0.359 e. The van der Waals surface area contributed by atoms with Crippen molar-refractivity contribution in [3.63, 3.8) is 0 Å². The van der Waals surface area contributed by atoms with Gasteiger partial charge in [0.2, 0.25) is 0 Å². The molecule has 0 bridgehead atoms. The van der Waals surface area contributed by atoms with Gasteiger partial charge in [0.15, 0.2) is 5.69 Å². The molecule has 0 unspecified atom stereocenters. The number of nitrogens with zero attached hydrogens (tertiary/aromatic N) is 2. The number of aromatic nitrogens is 2. The summed E-state index contributed by atoms with van der Waals surface area (Å²) in [4.78, 5) is 26.1. The third-order valence-electron chi connectivity index (χ3n) is 3.78. The second-order valence-corrected chi connectivity index (χ2v) is 5.28. The van der Waals surface area contributed by atoms with Gasteiger partial charge in [0.1, 0.15) is 5.75 Å². The van der Waals surface area contributed by atoms with Crippen molar-refractivity contribution in [1.82, 2.24) is 15.1 Å². The number of aromatic hydroxyl groups is 1. The predicted octanol–water partition coefficient (Wildman–Crippen LogP) is 1.49. The molecule has 1 aliphatic rings. The van der Waals surface area contributed by atoms with Gasteiger partial charge in [0.05, 0.1) is 13.2 Å². The van der Waals surface area contributed by atoms with E-state index in [4.69, 9.17) is 4.74 Å². The van der Waals surface area contributed by atoms with Crippen LogP contribution in [0.25, 0.3) is 0 Å². The summed E-state index contributed by atoms with van der Waals surface area (Å²) in [6.07, 6.45) is 0.590. The van der Waals surface area contributed by atoms with E-state index in [1.165, 1.54) is 12.1 Å². The van der Waals surface area contributed by atoms with Gasteiger partial charge in [0.25, 0.3) is 5.91 Å². The number of phenolic OH excluding ortho intramolecular Hbond substituents is 1. The van der Waals surface area contributed by atoms with Gasteiger partial charge in [-0.15, -0.1) is 0 Å². The molecule has 23 heavy (non-hydrogen) atoms. The van der Waals surface area contributed by atoms with Crippen LogP contribution in [0, 0.1) is 0 Å². The van der Waals surface area contributed by atoms with Crippen molar-refractivity contribution in [2.75, 3.05) is 13.2 Å². The van der Waals surface area contributed by atoms with Gasteiger partial charge >= 0.3 is 5.97 Å². The normalized spacial score (nSPS) is 13.5. The fraction of sp³-hybridized carbons (Fsp3) is 0.312. The van der Waals surface area contributed by atoms with Gasteiger partial charge in [-0.05, 0) is 25.1 Å². The maximum atomic E-state index is 12.6. The molecule has 0 fully saturated rings. The number of amides is 1. The van der Waals surface area contributed by atoms with Crippen LogP contribution in [-0.2, 0) is 17.7 Å². The van der Waals surface area contributed by atoms with Gasteiger partial charge in [-0.25, -0.2) is 4.79 Å². The lowest BCUT2D eigenvalue weighted by molar-refractivity contribution is 0.0513. The Morgan fingerprint density at radius 1 is 1.43 bits per heavy atom. The minimum absolute atomic E-state index is 0.0454. The monoisotopic (exact) mass is 315 g/mol.